The minimum absolute atomic E-state index is 0. The van der Waals surface area contributed by atoms with Gasteiger partial charge in [-0.05, 0) is 55.2 Å². The Balaban J connectivity index is 0.00000320. The van der Waals surface area contributed by atoms with Crippen molar-refractivity contribution in [2.75, 3.05) is 24.6 Å². The Hall–Kier alpha value is -3.91. The third kappa shape index (κ3) is 5.44. The second kappa shape index (κ2) is 10.6. The molecule has 12 heteroatoms. The number of nitrogens with zero attached hydrogens (tertiary/aromatic N) is 7. The Morgan fingerprint density at radius 3 is 2.76 bits per heavy atom. The van der Waals surface area contributed by atoms with Crippen molar-refractivity contribution in [2.45, 2.75) is 19.0 Å². The number of ether oxygens (including phenoxy) is 1. The lowest BCUT2D eigenvalue weighted by Gasteiger charge is -2.18. The summed E-state index contributed by atoms with van der Waals surface area (Å²) in [6.45, 7) is 1.83. The molecule has 1 aliphatic heterocycles. The minimum atomic E-state index is -4.62. The zero-order valence-electron chi connectivity index (χ0n) is 19.8. The molecule has 1 atom stereocenters. The molecule has 0 spiro atoms. The number of alkyl halides is 3. The van der Waals surface area contributed by atoms with Crippen LogP contribution in [0.4, 0.5) is 19.0 Å². The summed E-state index contributed by atoms with van der Waals surface area (Å²) in [5.74, 6) is 0.993. The maximum absolute atomic E-state index is 13.9. The number of aromatic nitrogens is 5. The highest BCUT2D eigenvalue weighted by Crippen LogP contribution is 2.39. The number of halogens is 4. The van der Waals surface area contributed by atoms with Gasteiger partial charge in [-0.3, -0.25) is 0 Å². The van der Waals surface area contributed by atoms with Gasteiger partial charge in [0.1, 0.15) is 23.2 Å². The van der Waals surface area contributed by atoms with Crippen LogP contribution in [0, 0.1) is 17.2 Å². The lowest BCUT2D eigenvalue weighted by molar-refractivity contribution is -0.138. The van der Waals surface area contributed by atoms with Gasteiger partial charge in [0.2, 0.25) is 0 Å². The number of hydrogen-bond acceptors (Lipinski definition) is 7. The number of hydrogen-bond donors (Lipinski definition) is 0. The normalized spacial score (nSPS) is 15.4. The Morgan fingerprint density at radius 2 is 2.03 bits per heavy atom. The van der Waals surface area contributed by atoms with Crippen molar-refractivity contribution in [3.05, 3.63) is 59.9 Å². The van der Waals surface area contributed by atoms with E-state index in [0.717, 1.165) is 31.4 Å². The summed E-state index contributed by atoms with van der Waals surface area (Å²) in [5.41, 5.74) is 0.360. The molecule has 1 aromatic carbocycles. The lowest BCUT2D eigenvalue weighted by atomic mass is 10.0. The van der Waals surface area contributed by atoms with Gasteiger partial charge in [-0.25, -0.2) is 14.6 Å². The van der Waals surface area contributed by atoms with Gasteiger partial charge in [0.25, 0.3) is 0 Å². The fourth-order valence-electron chi connectivity index (χ4n) is 4.45. The van der Waals surface area contributed by atoms with Crippen LogP contribution in [0.15, 0.2) is 48.7 Å². The SMILES string of the molecule is Cl.Cn1nnc2c(C#N)nc(-c3ccc(OCC[C@@H]4CCN(c5ccccn5)C4)c(C(F)(F)F)c3)cc21. The first-order chi connectivity index (χ1) is 17.3. The van der Waals surface area contributed by atoms with Gasteiger partial charge < -0.3 is 9.64 Å². The van der Waals surface area contributed by atoms with Gasteiger partial charge in [0.05, 0.1) is 23.4 Å². The van der Waals surface area contributed by atoms with Crippen LogP contribution >= 0.6 is 12.4 Å². The van der Waals surface area contributed by atoms with Crippen LogP contribution in [-0.2, 0) is 13.2 Å². The Morgan fingerprint density at radius 1 is 1.19 bits per heavy atom. The fraction of sp³-hybridized carbons (Fsp3) is 0.320. The molecule has 0 bridgehead atoms. The molecule has 1 saturated heterocycles. The molecule has 0 saturated carbocycles. The first-order valence-corrected chi connectivity index (χ1v) is 11.4. The van der Waals surface area contributed by atoms with E-state index < -0.39 is 11.7 Å². The number of benzene rings is 1. The molecule has 1 fully saturated rings. The van der Waals surface area contributed by atoms with Crippen molar-refractivity contribution in [1.29, 1.82) is 5.26 Å². The molecule has 8 nitrogen and oxygen atoms in total. The second-order valence-corrected chi connectivity index (χ2v) is 8.68. The first kappa shape index (κ1) is 26.2. The first-order valence-electron chi connectivity index (χ1n) is 11.4. The number of aryl methyl sites for hydroxylation is 1. The highest BCUT2D eigenvalue weighted by atomic mass is 35.5. The van der Waals surface area contributed by atoms with Crippen molar-refractivity contribution in [1.82, 2.24) is 25.0 Å². The second-order valence-electron chi connectivity index (χ2n) is 8.68. The van der Waals surface area contributed by atoms with Gasteiger partial charge in [0, 0.05) is 31.9 Å². The van der Waals surface area contributed by atoms with Gasteiger partial charge in [-0.1, -0.05) is 11.3 Å². The molecule has 0 unspecified atom stereocenters. The van der Waals surface area contributed by atoms with Crippen molar-refractivity contribution in [2.24, 2.45) is 13.0 Å². The molecule has 192 valence electrons. The molecule has 5 rings (SSSR count). The molecule has 3 aromatic heterocycles. The van der Waals surface area contributed by atoms with Crippen LogP contribution in [0.1, 0.15) is 24.1 Å². The molecule has 0 amide bonds. The maximum atomic E-state index is 13.9. The molecular weight excluding hydrogens is 507 g/mol. The third-order valence-corrected chi connectivity index (χ3v) is 6.33. The summed E-state index contributed by atoms with van der Waals surface area (Å²) in [4.78, 5) is 10.7. The predicted octanol–water partition coefficient (Wildman–Crippen LogP) is 5.03. The topological polar surface area (TPSA) is 92.8 Å². The van der Waals surface area contributed by atoms with Crippen LogP contribution in [-0.4, -0.2) is 44.7 Å². The Labute approximate surface area is 217 Å². The quantitative estimate of drug-likeness (QED) is 0.346. The summed E-state index contributed by atoms with van der Waals surface area (Å²) in [6.07, 6.45) is -1.30. The number of nitriles is 1. The monoisotopic (exact) mass is 529 g/mol. The van der Waals surface area contributed by atoms with Gasteiger partial charge in [0.15, 0.2) is 5.69 Å². The number of fused-ring (bicyclic) bond motifs is 1. The van der Waals surface area contributed by atoms with E-state index in [0.29, 0.717) is 23.4 Å². The molecule has 37 heavy (non-hydrogen) atoms. The van der Waals surface area contributed by atoms with E-state index >= 15 is 0 Å². The summed E-state index contributed by atoms with van der Waals surface area (Å²) >= 11 is 0. The maximum Gasteiger partial charge on any atom is 0.419 e. The molecule has 0 radical (unpaired) electrons. The van der Waals surface area contributed by atoms with Crippen LogP contribution in [0.5, 0.6) is 5.75 Å². The number of anilines is 1. The van der Waals surface area contributed by atoms with Crippen molar-refractivity contribution < 1.29 is 17.9 Å². The largest absolute Gasteiger partial charge is 0.493 e. The van der Waals surface area contributed by atoms with E-state index in [1.165, 1.54) is 16.8 Å². The molecular formula is C25H23ClF3N7O. The number of pyridine rings is 2. The standard InChI is InChI=1S/C25H22F3N7O.ClH/c1-34-21-13-19(31-20(14-29)24(21)32-33-34)17-5-6-22(18(12-17)25(26,27)28)36-11-8-16-7-10-35(15-16)23-4-2-3-9-30-23;/h2-6,9,12-13,16H,7-8,10-11,15H2,1H3;1H/t16-;/m0./s1. The van der Waals surface area contributed by atoms with Crippen LogP contribution in [0.3, 0.4) is 0 Å². The van der Waals surface area contributed by atoms with E-state index in [1.807, 2.05) is 24.3 Å². The zero-order chi connectivity index (χ0) is 25.3. The van der Waals surface area contributed by atoms with Crippen LogP contribution < -0.4 is 9.64 Å². The molecule has 1 aliphatic rings. The van der Waals surface area contributed by atoms with Gasteiger partial charge in [-0.15, -0.1) is 17.5 Å². The van der Waals surface area contributed by atoms with Crippen LogP contribution in [0.2, 0.25) is 0 Å². The summed E-state index contributed by atoms with van der Waals surface area (Å²) in [6, 6.07) is 13.1. The average Bonchev–Trinajstić information content (AvgIpc) is 3.50. The van der Waals surface area contributed by atoms with E-state index in [-0.39, 0.29) is 41.7 Å². The van der Waals surface area contributed by atoms with E-state index in [4.69, 9.17) is 4.74 Å². The summed E-state index contributed by atoms with van der Waals surface area (Å²) in [7, 11) is 1.64. The summed E-state index contributed by atoms with van der Waals surface area (Å²) < 4.78 is 48.9. The molecule has 0 N–H and O–H groups in total. The lowest BCUT2D eigenvalue weighted by Crippen LogP contribution is -2.21. The van der Waals surface area contributed by atoms with E-state index in [1.54, 1.807) is 19.3 Å². The van der Waals surface area contributed by atoms with Crippen molar-refractivity contribution >= 4 is 29.3 Å². The predicted molar refractivity (Wildman–Crippen MR) is 133 cm³/mol. The highest BCUT2D eigenvalue weighted by molar-refractivity contribution is 5.85. The molecule has 4 aromatic rings. The highest BCUT2D eigenvalue weighted by Gasteiger charge is 2.35. The van der Waals surface area contributed by atoms with Gasteiger partial charge >= 0.3 is 6.18 Å². The Kier molecular flexibility index (Phi) is 7.50. The van der Waals surface area contributed by atoms with E-state index in [9.17, 15) is 18.4 Å². The zero-order valence-corrected chi connectivity index (χ0v) is 20.6. The third-order valence-electron chi connectivity index (χ3n) is 6.33. The van der Waals surface area contributed by atoms with Crippen LogP contribution in [0.25, 0.3) is 22.3 Å². The minimum Gasteiger partial charge on any atom is -0.493 e. The van der Waals surface area contributed by atoms with Crippen molar-refractivity contribution in [3.63, 3.8) is 0 Å². The van der Waals surface area contributed by atoms with E-state index in [2.05, 4.69) is 25.2 Å². The average molecular weight is 530 g/mol. The smallest absolute Gasteiger partial charge is 0.419 e. The summed E-state index contributed by atoms with van der Waals surface area (Å²) in [5, 5.41) is 17.2. The number of rotatable bonds is 6. The Bertz CT molecular complexity index is 1440. The fourth-order valence-corrected chi connectivity index (χ4v) is 4.45. The van der Waals surface area contributed by atoms with Crippen molar-refractivity contribution in [3.8, 4) is 23.1 Å². The molecule has 0 aliphatic carbocycles. The van der Waals surface area contributed by atoms with Gasteiger partial charge in [-0.2, -0.15) is 18.4 Å². The molecule has 4 heterocycles.